The van der Waals surface area contributed by atoms with Gasteiger partial charge in [0, 0.05) is 17.6 Å². The number of nitrogens with zero attached hydrogens (tertiary/aromatic N) is 2. The van der Waals surface area contributed by atoms with Gasteiger partial charge in [-0.3, -0.25) is 0 Å². The van der Waals surface area contributed by atoms with Gasteiger partial charge >= 0.3 is 0 Å². The topological polar surface area (TPSA) is 37.8 Å². The fourth-order valence-corrected chi connectivity index (χ4v) is 4.15. The van der Waals surface area contributed by atoms with E-state index in [2.05, 4.69) is 39.9 Å². The molecule has 0 amide bonds. The van der Waals surface area contributed by atoms with Crippen LogP contribution in [0, 0.1) is 6.92 Å². The molecule has 2 heterocycles. The van der Waals surface area contributed by atoms with Crippen LogP contribution in [-0.4, -0.2) is 17.0 Å². The average molecular weight is 315 g/mol. The number of nitrogens with one attached hydrogen (secondary N) is 1. The molecule has 0 spiro atoms. The summed E-state index contributed by atoms with van der Waals surface area (Å²) in [5.74, 6) is 0. The maximum absolute atomic E-state index is 4.80. The predicted molar refractivity (Wildman–Crippen MR) is 90.0 cm³/mol. The molecule has 5 heteroatoms. The van der Waals surface area contributed by atoms with E-state index >= 15 is 0 Å². The van der Waals surface area contributed by atoms with E-state index in [1.807, 2.05) is 20.0 Å². The molecule has 0 bridgehead atoms. The monoisotopic (exact) mass is 315 g/mol. The lowest BCUT2D eigenvalue weighted by Gasteiger charge is -2.00. The van der Waals surface area contributed by atoms with Gasteiger partial charge in [0.1, 0.15) is 5.01 Å². The number of benzene rings is 1. The standard InChI is InChI=1S/C16H17N3S2/c1-11-10-20-14(18-11)8-15-19-13(9-17-2)16(21-15)12-6-4-3-5-7-12/h3-7,10,17H,8-9H2,1-2H3. The molecule has 2 aromatic heterocycles. The molecule has 108 valence electrons. The van der Waals surface area contributed by atoms with Crippen molar-refractivity contribution < 1.29 is 0 Å². The minimum absolute atomic E-state index is 0.789. The van der Waals surface area contributed by atoms with Crippen molar-refractivity contribution in [1.29, 1.82) is 0 Å². The lowest BCUT2D eigenvalue weighted by Crippen LogP contribution is -2.06. The van der Waals surface area contributed by atoms with Crippen LogP contribution >= 0.6 is 22.7 Å². The molecule has 0 radical (unpaired) electrons. The summed E-state index contributed by atoms with van der Waals surface area (Å²) < 4.78 is 0. The number of rotatable bonds is 5. The highest BCUT2D eigenvalue weighted by molar-refractivity contribution is 7.15. The minimum Gasteiger partial charge on any atom is -0.314 e. The second-order valence-corrected chi connectivity index (χ2v) is 6.87. The van der Waals surface area contributed by atoms with Crippen molar-refractivity contribution in [3.63, 3.8) is 0 Å². The minimum atomic E-state index is 0.789. The lowest BCUT2D eigenvalue weighted by atomic mass is 10.1. The average Bonchev–Trinajstić information content (AvgIpc) is 3.07. The molecule has 1 N–H and O–H groups in total. The Balaban J connectivity index is 1.92. The van der Waals surface area contributed by atoms with E-state index in [1.54, 1.807) is 22.7 Å². The van der Waals surface area contributed by atoms with E-state index in [0.717, 1.165) is 34.4 Å². The third-order valence-electron chi connectivity index (χ3n) is 3.09. The molecule has 0 unspecified atom stereocenters. The van der Waals surface area contributed by atoms with Crippen LogP contribution in [-0.2, 0) is 13.0 Å². The summed E-state index contributed by atoms with van der Waals surface area (Å²) in [5, 5.41) is 7.57. The number of hydrogen-bond acceptors (Lipinski definition) is 5. The molecule has 3 nitrogen and oxygen atoms in total. The smallest absolute Gasteiger partial charge is 0.100 e. The first-order valence-corrected chi connectivity index (χ1v) is 8.55. The summed E-state index contributed by atoms with van der Waals surface area (Å²) in [6.45, 7) is 2.82. The molecule has 0 fully saturated rings. The van der Waals surface area contributed by atoms with E-state index in [9.17, 15) is 0 Å². The van der Waals surface area contributed by atoms with Crippen molar-refractivity contribution in [2.75, 3.05) is 7.05 Å². The molecule has 0 atom stereocenters. The van der Waals surface area contributed by atoms with Gasteiger partial charge in [0.25, 0.3) is 0 Å². The van der Waals surface area contributed by atoms with Crippen LogP contribution in [0.2, 0.25) is 0 Å². The molecule has 0 saturated heterocycles. The quantitative estimate of drug-likeness (QED) is 0.776. The van der Waals surface area contributed by atoms with E-state index < -0.39 is 0 Å². The molecule has 0 aliphatic heterocycles. The Kier molecular flexibility index (Phi) is 4.43. The molecule has 3 aromatic rings. The van der Waals surface area contributed by atoms with Crippen molar-refractivity contribution >= 4 is 22.7 Å². The van der Waals surface area contributed by atoms with E-state index in [1.165, 1.54) is 10.4 Å². The Hall–Kier alpha value is -1.56. The Morgan fingerprint density at radius 1 is 1.10 bits per heavy atom. The normalized spacial score (nSPS) is 11.0. The second-order valence-electron chi connectivity index (χ2n) is 4.84. The van der Waals surface area contributed by atoms with Crippen molar-refractivity contribution in [3.8, 4) is 10.4 Å². The number of thiazole rings is 2. The third kappa shape index (κ3) is 3.37. The van der Waals surface area contributed by atoms with E-state index in [-0.39, 0.29) is 0 Å². The van der Waals surface area contributed by atoms with Crippen molar-refractivity contribution in [2.24, 2.45) is 0 Å². The Labute approximate surface area is 132 Å². The molecule has 0 aliphatic carbocycles. The summed E-state index contributed by atoms with van der Waals surface area (Å²) in [5.41, 5.74) is 3.45. The van der Waals surface area contributed by atoms with Crippen LogP contribution in [0.15, 0.2) is 35.7 Å². The van der Waals surface area contributed by atoms with Gasteiger partial charge in [0.15, 0.2) is 0 Å². The Bertz CT molecular complexity index is 716. The molecule has 1 aromatic carbocycles. The van der Waals surface area contributed by atoms with Crippen LogP contribution in [0.25, 0.3) is 10.4 Å². The van der Waals surface area contributed by atoms with Crippen LogP contribution in [0.1, 0.15) is 21.4 Å². The molecule has 3 rings (SSSR count). The lowest BCUT2D eigenvalue weighted by molar-refractivity contribution is 0.794. The first-order chi connectivity index (χ1) is 10.3. The Morgan fingerprint density at radius 3 is 2.57 bits per heavy atom. The highest BCUT2D eigenvalue weighted by Gasteiger charge is 2.13. The number of aromatic nitrogens is 2. The van der Waals surface area contributed by atoms with Gasteiger partial charge < -0.3 is 5.32 Å². The van der Waals surface area contributed by atoms with Crippen LogP contribution in [0.4, 0.5) is 0 Å². The Morgan fingerprint density at radius 2 is 1.90 bits per heavy atom. The maximum atomic E-state index is 4.80. The van der Waals surface area contributed by atoms with Gasteiger partial charge in [-0.25, -0.2) is 9.97 Å². The van der Waals surface area contributed by atoms with Crippen molar-refractivity contribution in [2.45, 2.75) is 19.9 Å². The van der Waals surface area contributed by atoms with Gasteiger partial charge in [-0.15, -0.1) is 22.7 Å². The highest BCUT2D eigenvalue weighted by Crippen LogP contribution is 2.31. The SMILES string of the molecule is CNCc1nc(Cc2nc(C)cs2)sc1-c1ccccc1. The molecule has 21 heavy (non-hydrogen) atoms. The van der Waals surface area contributed by atoms with E-state index in [4.69, 9.17) is 4.98 Å². The fraction of sp³-hybridized carbons (Fsp3) is 0.250. The van der Waals surface area contributed by atoms with Gasteiger partial charge in [0.2, 0.25) is 0 Å². The molecule has 0 saturated carbocycles. The van der Waals surface area contributed by atoms with Gasteiger partial charge in [-0.05, 0) is 19.5 Å². The van der Waals surface area contributed by atoms with Crippen LogP contribution in [0.3, 0.4) is 0 Å². The third-order valence-corrected chi connectivity index (χ3v) is 5.20. The zero-order valence-corrected chi connectivity index (χ0v) is 13.7. The maximum Gasteiger partial charge on any atom is 0.100 e. The predicted octanol–water partition coefficient (Wildman–Crippen LogP) is 3.89. The number of hydrogen-bond donors (Lipinski definition) is 1. The second kappa shape index (κ2) is 6.47. The zero-order valence-electron chi connectivity index (χ0n) is 12.1. The summed E-state index contributed by atoms with van der Waals surface area (Å²) in [6.07, 6.45) is 0.826. The van der Waals surface area contributed by atoms with Crippen molar-refractivity contribution in [1.82, 2.24) is 15.3 Å². The summed E-state index contributed by atoms with van der Waals surface area (Å²) in [4.78, 5) is 10.6. The van der Waals surface area contributed by atoms with Crippen molar-refractivity contribution in [3.05, 3.63) is 57.1 Å². The first kappa shape index (κ1) is 14.4. The summed E-state index contributed by atoms with van der Waals surface area (Å²) in [7, 11) is 1.96. The van der Waals surface area contributed by atoms with E-state index in [0.29, 0.717) is 0 Å². The van der Waals surface area contributed by atoms with Gasteiger partial charge in [0.05, 0.1) is 22.0 Å². The van der Waals surface area contributed by atoms with Crippen LogP contribution in [0.5, 0.6) is 0 Å². The summed E-state index contributed by atoms with van der Waals surface area (Å²) >= 11 is 3.48. The molecular formula is C16H17N3S2. The first-order valence-electron chi connectivity index (χ1n) is 6.86. The zero-order chi connectivity index (χ0) is 14.7. The van der Waals surface area contributed by atoms with Crippen LogP contribution < -0.4 is 5.32 Å². The fourth-order valence-electron chi connectivity index (χ4n) is 2.19. The summed E-state index contributed by atoms with van der Waals surface area (Å²) in [6, 6.07) is 10.5. The largest absolute Gasteiger partial charge is 0.314 e. The van der Waals surface area contributed by atoms with Gasteiger partial charge in [-0.1, -0.05) is 30.3 Å². The highest BCUT2D eigenvalue weighted by atomic mass is 32.1. The molecule has 0 aliphatic rings. The van der Waals surface area contributed by atoms with Gasteiger partial charge in [-0.2, -0.15) is 0 Å². The molecular weight excluding hydrogens is 298 g/mol. The number of aryl methyl sites for hydroxylation is 1.